The van der Waals surface area contributed by atoms with Crippen molar-refractivity contribution in [3.63, 3.8) is 0 Å². The minimum atomic E-state index is -0.465. The third-order valence-corrected chi connectivity index (χ3v) is 3.75. The number of carbonyl (C=O) groups excluding carboxylic acids is 1. The number of guanidine groups is 1. The van der Waals surface area contributed by atoms with Crippen LogP contribution in [0.5, 0.6) is 0 Å². The van der Waals surface area contributed by atoms with Crippen molar-refractivity contribution in [1.29, 1.82) is 0 Å². The zero-order valence-electron chi connectivity index (χ0n) is 16.1. The van der Waals surface area contributed by atoms with Gasteiger partial charge in [0.1, 0.15) is 5.60 Å². The van der Waals surface area contributed by atoms with Crippen LogP contribution in [0.25, 0.3) is 0 Å². The minimum Gasteiger partial charge on any atom is -0.444 e. The smallest absolute Gasteiger partial charge is 0.410 e. The maximum absolute atomic E-state index is 11.9. The first-order valence-corrected chi connectivity index (χ1v) is 8.94. The van der Waals surface area contributed by atoms with Gasteiger partial charge in [-0.15, -0.1) is 0 Å². The van der Waals surface area contributed by atoms with E-state index >= 15 is 0 Å². The van der Waals surface area contributed by atoms with Crippen LogP contribution in [0.3, 0.4) is 0 Å². The first-order chi connectivity index (χ1) is 12.4. The summed E-state index contributed by atoms with van der Waals surface area (Å²) in [4.78, 5) is 17.8. The molecular formula is C19H30N4O3. The van der Waals surface area contributed by atoms with Crippen LogP contribution < -0.4 is 10.6 Å². The minimum absolute atomic E-state index is 0.180. The highest BCUT2D eigenvalue weighted by Gasteiger charge is 2.34. The van der Waals surface area contributed by atoms with Gasteiger partial charge in [-0.1, -0.05) is 30.3 Å². The van der Waals surface area contributed by atoms with E-state index in [2.05, 4.69) is 15.6 Å². The molecule has 0 aliphatic carbocycles. The van der Waals surface area contributed by atoms with E-state index in [1.165, 1.54) is 0 Å². The molecule has 1 fully saturated rings. The molecule has 0 radical (unpaired) electrons. The average Bonchev–Trinajstić information content (AvgIpc) is 2.54. The average molecular weight is 362 g/mol. The number of aliphatic imine (C=N–C) groups is 1. The Bertz CT molecular complexity index is 593. The molecule has 1 aromatic carbocycles. The van der Waals surface area contributed by atoms with Crippen LogP contribution in [0, 0.1) is 0 Å². The van der Waals surface area contributed by atoms with Gasteiger partial charge in [0.15, 0.2) is 5.96 Å². The van der Waals surface area contributed by atoms with Gasteiger partial charge in [0.05, 0.1) is 19.3 Å². The van der Waals surface area contributed by atoms with Crippen molar-refractivity contribution >= 4 is 12.1 Å². The number of ether oxygens (including phenoxy) is 2. The highest BCUT2D eigenvalue weighted by Crippen LogP contribution is 2.15. The molecule has 0 spiro atoms. The number of benzene rings is 1. The summed E-state index contributed by atoms with van der Waals surface area (Å²) in [7, 11) is 1.73. The second-order valence-electron chi connectivity index (χ2n) is 7.26. The van der Waals surface area contributed by atoms with Crippen molar-refractivity contribution in [3.05, 3.63) is 35.9 Å². The van der Waals surface area contributed by atoms with Crippen LogP contribution in [0.15, 0.2) is 35.3 Å². The topological polar surface area (TPSA) is 75.2 Å². The molecule has 0 atom stereocenters. The number of hydrogen-bond acceptors (Lipinski definition) is 4. The maximum Gasteiger partial charge on any atom is 0.410 e. The summed E-state index contributed by atoms with van der Waals surface area (Å²) in [5.74, 6) is 0.710. The van der Waals surface area contributed by atoms with Crippen molar-refractivity contribution in [1.82, 2.24) is 15.5 Å². The van der Waals surface area contributed by atoms with Gasteiger partial charge in [0.25, 0.3) is 0 Å². The zero-order chi connectivity index (χ0) is 19.0. The van der Waals surface area contributed by atoms with Crippen LogP contribution >= 0.6 is 0 Å². The number of likely N-dealkylation sites (tertiary alicyclic amines) is 1. The number of amides is 1. The summed E-state index contributed by atoms with van der Waals surface area (Å²) in [5.41, 5.74) is 0.694. The fourth-order valence-corrected chi connectivity index (χ4v) is 2.44. The molecule has 0 bridgehead atoms. The Morgan fingerprint density at radius 3 is 2.58 bits per heavy atom. The van der Waals surface area contributed by atoms with Gasteiger partial charge >= 0.3 is 6.09 Å². The van der Waals surface area contributed by atoms with Crippen molar-refractivity contribution < 1.29 is 14.3 Å². The van der Waals surface area contributed by atoms with Crippen LogP contribution in [0.1, 0.15) is 26.3 Å². The second-order valence-corrected chi connectivity index (χ2v) is 7.26. The molecule has 0 saturated carbocycles. The summed E-state index contributed by atoms with van der Waals surface area (Å²) >= 11 is 0. The normalized spacial score (nSPS) is 15.4. The fraction of sp³-hybridized carbons (Fsp3) is 0.579. The molecule has 1 amide bonds. The van der Waals surface area contributed by atoms with Gasteiger partial charge in [-0.3, -0.25) is 4.99 Å². The van der Waals surface area contributed by atoms with Crippen LogP contribution in [0.4, 0.5) is 4.79 Å². The van der Waals surface area contributed by atoms with Crippen LogP contribution in [-0.2, 0) is 16.1 Å². The van der Waals surface area contributed by atoms with Crippen molar-refractivity contribution in [2.24, 2.45) is 4.99 Å². The van der Waals surface area contributed by atoms with E-state index in [1.54, 1.807) is 11.9 Å². The van der Waals surface area contributed by atoms with E-state index in [4.69, 9.17) is 9.47 Å². The van der Waals surface area contributed by atoms with Gasteiger partial charge in [-0.25, -0.2) is 4.79 Å². The Balaban J connectivity index is 1.58. The van der Waals surface area contributed by atoms with E-state index in [-0.39, 0.29) is 12.1 Å². The molecule has 1 aromatic rings. The highest BCUT2D eigenvalue weighted by molar-refractivity contribution is 5.80. The summed E-state index contributed by atoms with van der Waals surface area (Å²) in [6, 6.07) is 10.3. The van der Waals surface area contributed by atoms with Crippen molar-refractivity contribution in [3.8, 4) is 0 Å². The summed E-state index contributed by atoms with van der Waals surface area (Å²) in [6.07, 6.45) is -0.271. The van der Waals surface area contributed by atoms with Crippen LogP contribution in [0.2, 0.25) is 0 Å². The SMILES string of the molecule is CN=C(NCCOCc1ccccc1)NC1CN(C(=O)OC(C)(C)C)C1. The highest BCUT2D eigenvalue weighted by atomic mass is 16.6. The van der Waals surface area contributed by atoms with Crippen molar-refractivity contribution in [2.75, 3.05) is 33.3 Å². The summed E-state index contributed by atoms with van der Waals surface area (Å²) in [6.45, 7) is 8.67. The van der Waals surface area contributed by atoms with E-state index in [1.807, 2.05) is 51.1 Å². The van der Waals surface area contributed by atoms with E-state index < -0.39 is 5.60 Å². The number of carbonyl (C=O) groups is 1. The van der Waals surface area contributed by atoms with E-state index in [0.29, 0.717) is 38.8 Å². The lowest BCUT2D eigenvalue weighted by atomic mass is 10.1. The predicted molar refractivity (Wildman–Crippen MR) is 102 cm³/mol. The molecule has 1 saturated heterocycles. The monoisotopic (exact) mass is 362 g/mol. The third-order valence-electron chi connectivity index (χ3n) is 3.75. The molecule has 1 aliphatic heterocycles. The van der Waals surface area contributed by atoms with Gasteiger partial charge in [-0.05, 0) is 26.3 Å². The third kappa shape index (κ3) is 6.92. The lowest BCUT2D eigenvalue weighted by Crippen LogP contribution is -2.63. The Morgan fingerprint density at radius 2 is 1.96 bits per heavy atom. The van der Waals surface area contributed by atoms with Gasteiger partial charge < -0.3 is 25.0 Å². The lowest BCUT2D eigenvalue weighted by molar-refractivity contribution is 0.00700. The summed E-state index contributed by atoms with van der Waals surface area (Å²) in [5, 5.41) is 6.51. The van der Waals surface area contributed by atoms with E-state index in [0.717, 1.165) is 5.56 Å². The zero-order valence-corrected chi connectivity index (χ0v) is 16.1. The standard InChI is InChI=1S/C19H30N4O3/c1-19(2,3)26-18(24)23-12-16(13-23)22-17(20-4)21-10-11-25-14-15-8-6-5-7-9-15/h5-9,16H,10-14H2,1-4H3,(H2,20,21,22). The van der Waals surface area contributed by atoms with E-state index in [9.17, 15) is 4.79 Å². The fourth-order valence-electron chi connectivity index (χ4n) is 2.44. The van der Waals surface area contributed by atoms with Gasteiger partial charge in [0.2, 0.25) is 0 Å². The molecule has 0 aromatic heterocycles. The molecule has 0 unspecified atom stereocenters. The number of rotatable bonds is 6. The molecule has 26 heavy (non-hydrogen) atoms. The number of nitrogens with one attached hydrogen (secondary N) is 2. The predicted octanol–water partition coefficient (Wildman–Crippen LogP) is 1.99. The molecule has 7 heteroatoms. The van der Waals surface area contributed by atoms with Gasteiger partial charge in [-0.2, -0.15) is 0 Å². The van der Waals surface area contributed by atoms with Gasteiger partial charge in [0, 0.05) is 26.7 Å². The molecule has 2 rings (SSSR count). The molecule has 2 N–H and O–H groups in total. The quantitative estimate of drug-likeness (QED) is 0.460. The van der Waals surface area contributed by atoms with Crippen LogP contribution in [-0.4, -0.2) is 61.9 Å². The second kappa shape index (κ2) is 9.43. The Labute approximate surface area is 155 Å². The molecular weight excluding hydrogens is 332 g/mol. The number of nitrogens with zero attached hydrogens (tertiary/aromatic N) is 2. The first-order valence-electron chi connectivity index (χ1n) is 8.94. The Kier molecular flexibility index (Phi) is 7.26. The molecule has 144 valence electrons. The van der Waals surface area contributed by atoms with Crippen molar-refractivity contribution in [2.45, 2.75) is 39.0 Å². The largest absolute Gasteiger partial charge is 0.444 e. The Hall–Kier alpha value is -2.28. The Morgan fingerprint density at radius 1 is 1.27 bits per heavy atom. The molecule has 1 heterocycles. The molecule has 7 nitrogen and oxygen atoms in total. The lowest BCUT2D eigenvalue weighted by Gasteiger charge is -2.40. The first kappa shape index (κ1) is 20.0. The molecule has 1 aliphatic rings. The summed E-state index contributed by atoms with van der Waals surface area (Å²) < 4.78 is 11.0. The number of hydrogen-bond donors (Lipinski definition) is 2. The maximum atomic E-state index is 11.9.